The largest absolute Gasteiger partial charge is 0.480 e. The molecule has 17 heavy (non-hydrogen) atoms. The Morgan fingerprint density at radius 3 is 2.76 bits per heavy atom. The van der Waals surface area contributed by atoms with E-state index in [0.717, 1.165) is 19.4 Å². The lowest BCUT2D eigenvalue weighted by atomic mass is 10.2. The molecule has 1 aliphatic rings. The second-order valence-electron chi connectivity index (χ2n) is 4.14. The molecule has 1 rings (SSSR count). The molecule has 1 heterocycles. The zero-order valence-electron chi connectivity index (χ0n) is 10.1. The molecule has 2 N–H and O–H groups in total. The van der Waals surface area contributed by atoms with Gasteiger partial charge in [-0.3, -0.25) is 14.5 Å². The number of carbonyl (C=O) groups is 2. The number of nitrogens with one attached hydrogen (secondary N) is 1. The molecule has 1 fully saturated rings. The van der Waals surface area contributed by atoms with Gasteiger partial charge in [-0.2, -0.15) is 0 Å². The number of likely N-dealkylation sites (N-methyl/N-ethyl adjacent to an activating group) is 1. The molecule has 1 aliphatic heterocycles. The molecule has 1 saturated heterocycles. The summed E-state index contributed by atoms with van der Waals surface area (Å²) in [5.41, 5.74) is 0. The van der Waals surface area contributed by atoms with Crippen LogP contribution in [0.4, 0.5) is 0 Å². The highest BCUT2D eigenvalue weighted by molar-refractivity contribution is 5.79. The zero-order chi connectivity index (χ0) is 12.7. The van der Waals surface area contributed by atoms with Crippen LogP contribution in [-0.4, -0.2) is 60.8 Å². The van der Waals surface area contributed by atoms with Crippen molar-refractivity contribution in [3.8, 4) is 0 Å². The molecule has 0 radical (unpaired) electrons. The highest BCUT2D eigenvalue weighted by Gasteiger charge is 2.17. The Labute approximate surface area is 101 Å². The van der Waals surface area contributed by atoms with Crippen molar-refractivity contribution in [3.05, 3.63) is 0 Å². The second kappa shape index (κ2) is 7.24. The molecule has 0 aliphatic carbocycles. The molecule has 0 saturated carbocycles. The molecule has 1 amide bonds. The van der Waals surface area contributed by atoms with Gasteiger partial charge in [0.05, 0.1) is 19.2 Å². The third-order valence-corrected chi connectivity index (χ3v) is 2.72. The van der Waals surface area contributed by atoms with Crippen LogP contribution < -0.4 is 5.32 Å². The van der Waals surface area contributed by atoms with Gasteiger partial charge in [0.15, 0.2) is 0 Å². The fourth-order valence-electron chi connectivity index (χ4n) is 1.76. The summed E-state index contributed by atoms with van der Waals surface area (Å²) in [4.78, 5) is 23.6. The number of carboxylic acids is 1. The molecular weight excluding hydrogens is 224 g/mol. The minimum Gasteiger partial charge on any atom is -0.480 e. The molecule has 0 aromatic rings. The predicted molar refractivity (Wildman–Crippen MR) is 61.7 cm³/mol. The summed E-state index contributed by atoms with van der Waals surface area (Å²) in [6, 6.07) is 0. The van der Waals surface area contributed by atoms with Crippen LogP contribution in [0.3, 0.4) is 0 Å². The Hall–Kier alpha value is -1.14. The van der Waals surface area contributed by atoms with E-state index < -0.39 is 5.97 Å². The van der Waals surface area contributed by atoms with E-state index in [-0.39, 0.29) is 25.1 Å². The van der Waals surface area contributed by atoms with Gasteiger partial charge < -0.3 is 15.2 Å². The molecule has 1 unspecified atom stereocenters. The van der Waals surface area contributed by atoms with E-state index in [0.29, 0.717) is 13.1 Å². The summed E-state index contributed by atoms with van der Waals surface area (Å²) in [6.07, 6.45) is 2.14. The third kappa shape index (κ3) is 5.65. The highest BCUT2D eigenvalue weighted by Crippen LogP contribution is 2.10. The maximum absolute atomic E-state index is 11.5. The molecule has 6 heteroatoms. The average Bonchev–Trinajstić information content (AvgIpc) is 2.77. The van der Waals surface area contributed by atoms with Gasteiger partial charge in [-0.25, -0.2) is 0 Å². The van der Waals surface area contributed by atoms with Gasteiger partial charge in [-0.05, 0) is 19.4 Å². The number of ether oxygens (including phenoxy) is 1. The van der Waals surface area contributed by atoms with Crippen LogP contribution in [0.15, 0.2) is 0 Å². The van der Waals surface area contributed by atoms with Gasteiger partial charge in [0.25, 0.3) is 0 Å². The van der Waals surface area contributed by atoms with Crippen molar-refractivity contribution in [2.45, 2.75) is 25.9 Å². The quantitative estimate of drug-likeness (QED) is 0.642. The monoisotopic (exact) mass is 244 g/mol. The van der Waals surface area contributed by atoms with Crippen LogP contribution >= 0.6 is 0 Å². The molecule has 0 aromatic carbocycles. The third-order valence-electron chi connectivity index (χ3n) is 2.72. The molecular formula is C11H20N2O4. The molecule has 0 aromatic heterocycles. The Balaban J connectivity index is 2.19. The first-order valence-electron chi connectivity index (χ1n) is 5.94. The SMILES string of the molecule is CCN(CC(=O)O)CC(=O)NCC1CCCO1. The van der Waals surface area contributed by atoms with Gasteiger partial charge in [-0.15, -0.1) is 0 Å². The summed E-state index contributed by atoms with van der Waals surface area (Å²) in [7, 11) is 0. The number of carbonyl (C=O) groups excluding carboxylic acids is 1. The lowest BCUT2D eigenvalue weighted by Crippen LogP contribution is -2.41. The Morgan fingerprint density at radius 2 is 2.24 bits per heavy atom. The lowest BCUT2D eigenvalue weighted by Gasteiger charge is -2.18. The first-order chi connectivity index (χ1) is 8.11. The van der Waals surface area contributed by atoms with Crippen LogP contribution in [0.5, 0.6) is 0 Å². The van der Waals surface area contributed by atoms with Crippen LogP contribution in [-0.2, 0) is 14.3 Å². The van der Waals surface area contributed by atoms with E-state index >= 15 is 0 Å². The van der Waals surface area contributed by atoms with Crippen molar-refractivity contribution >= 4 is 11.9 Å². The first-order valence-corrected chi connectivity index (χ1v) is 5.94. The maximum Gasteiger partial charge on any atom is 0.317 e. The Kier molecular flexibility index (Phi) is 5.93. The topological polar surface area (TPSA) is 78.9 Å². The smallest absolute Gasteiger partial charge is 0.317 e. The lowest BCUT2D eigenvalue weighted by molar-refractivity contribution is -0.138. The van der Waals surface area contributed by atoms with Crippen molar-refractivity contribution in [3.63, 3.8) is 0 Å². The fraction of sp³-hybridized carbons (Fsp3) is 0.818. The number of rotatable bonds is 7. The number of aliphatic carboxylic acids is 1. The van der Waals surface area contributed by atoms with Crippen molar-refractivity contribution in [2.75, 3.05) is 32.8 Å². The van der Waals surface area contributed by atoms with Crippen molar-refractivity contribution in [1.29, 1.82) is 0 Å². The number of hydrogen-bond donors (Lipinski definition) is 2. The van der Waals surface area contributed by atoms with E-state index in [2.05, 4.69) is 5.32 Å². The minimum atomic E-state index is -0.918. The summed E-state index contributed by atoms with van der Waals surface area (Å²) in [6.45, 7) is 3.67. The summed E-state index contributed by atoms with van der Waals surface area (Å²) < 4.78 is 5.38. The normalized spacial score (nSPS) is 19.5. The molecule has 1 atom stereocenters. The van der Waals surface area contributed by atoms with Crippen LogP contribution in [0.1, 0.15) is 19.8 Å². The number of hydrogen-bond acceptors (Lipinski definition) is 4. The molecule has 98 valence electrons. The fourth-order valence-corrected chi connectivity index (χ4v) is 1.76. The second-order valence-corrected chi connectivity index (χ2v) is 4.14. The van der Waals surface area contributed by atoms with Crippen LogP contribution in [0, 0.1) is 0 Å². The van der Waals surface area contributed by atoms with E-state index in [1.165, 1.54) is 0 Å². The number of nitrogens with zero attached hydrogens (tertiary/aromatic N) is 1. The number of carboxylic acid groups (broad SMARTS) is 1. The molecule has 0 spiro atoms. The standard InChI is InChI=1S/C11H20N2O4/c1-2-13(8-11(15)16)7-10(14)12-6-9-4-3-5-17-9/h9H,2-8H2,1H3,(H,12,14)(H,15,16). The Bertz CT molecular complexity index is 264. The van der Waals surface area contributed by atoms with Crippen LogP contribution in [0.2, 0.25) is 0 Å². The van der Waals surface area contributed by atoms with E-state index in [1.807, 2.05) is 6.92 Å². The zero-order valence-corrected chi connectivity index (χ0v) is 10.1. The Morgan fingerprint density at radius 1 is 1.47 bits per heavy atom. The van der Waals surface area contributed by atoms with Crippen molar-refractivity contribution in [1.82, 2.24) is 10.2 Å². The van der Waals surface area contributed by atoms with Gasteiger partial charge in [0.2, 0.25) is 5.91 Å². The van der Waals surface area contributed by atoms with Gasteiger partial charge >= 0.3 is 5.97 Å². The summed E-state index contributed by atoms with van der Waals surface area (Å²) >= 11 is 0. The summed E-state index contributed by atoms with van der Waals surface area (Å²) in [5.74, 6) is -1.07. The van der Waals surface area contributed by atoms with Crippen LogP contribution in [0.25, 0.3) is 0 Å². The minimum absolute atomic E-state index is 0.107. The van der Waals surface area contributed by atoms with Crippen molar-refractivity contribution in [2.24, 2.45) is 0 Å². The highest BCUT2D eigenvalue weighted by atomic mass is 16.5. The van der Waals surface area contributed by atoms with Gasteiger partial charge in [-0.1, -0.05) is 6.92 Å². The van der Waals surface area contributed by atoms with E-state index in [1.54, 1.807) is 4.90 Å². The average molecular weight is 244 g/mol. The van der Waals surface area contributed by atoms with Crippen molar-refractivity contribution < 1.29 is 19.4 Å². The first kappa shape index (κ1) is 13.9. The maximum atomic E-state index is 11.5. The van der Waals surface area contributed by atoms with E-state index in [4.69, 9.17) is 9.84 Å². The molecule has 0 bridgehead atoms. The van der Waals surface area contributed by atoms with Gasteiger partial charge in [0.1, 0.15) is 0 Å². The predicted octanol–water partition coefficient (Wildman–Crippen LogP) is -0.312. The molecule has 6 nitrogen and oxygen atoms in total. The van der Waals surface area contributed by atoms with E-state index in [9.17, 15) is 9.59 Å². The summed E-state index contributed by atoms with van der Waals surface area (Å²) in [5, 5.41) is 11.4. The van der Waals surface area contributed by atoms with Gasteiger partial charge in [0, 0.05) is 13.2 Å². The number of amides is 1.